The average molecular weight is 1010 g/mol. The van der Waals surface area contributed by atoms with E-state index in [0.29, 0.717) is 48.9 Å². The van der Waals surface area contributed by atoms with Gasteiger partial charge in [0.15, 0.2) is 11.6 Å². The maximum atomic E-state index is 14.1. The van der Waals surface area contributed by atoms with Crippen LogP contribution in [0.3, 0.4) is 0 Å². The summed E-state index contributed by atoms with van der Waals surface area (Å²) in [7, 11) is 0. The molecule has 3 aromatic heterocycles. The van der Waals surface area contributed by atoms with Crippen LogP contribution in [-0.2, 0) is 27.3 Å². The largest absolute Gasteiger partial charge is 0.489 e. The molecule has 0 spiro atoms. The van der Waals surface area contributed by atoms with Gasteiger partial charge in [0.05, 0.1) is 52.1 Å². The van der Waals surface area contributed by atoms with Crippen LogP contribution in [0, 0.1) is 18.2 Å². The third-order valence-electron chi connectivity index (χ3n) is 13.1. The van der Waals surface area contributed by atoms with E-state index in [2.05, 4.69) is 25.7 Å². The highest BCUT2D eigenvalue weighted by molar-refractivity contribution is 7.13. The summed E-state index contributed by atoms with van der Waals surface area (Å²) in [6, 6.07) is 11.4. The highest BCUT2D eigenvalue weighted by atomic mass is 35.5. The Labute approximate surface area is 418 Å². The summed E-state index contributed by atoms with van der Waals surface area (Å²) in [6.45, 7) is 10.6. The number of aliphatic hydroxyl groups excluding tert-OH is 1. The molecule has 5 heterocycles. The standard InChI is InChI=1S/C51H64Cl2FN9O5S/c1-32-46(69-31-59-32)34-13-11-33(12-14-34)26-58-49(66)42-25-38(64)30-62(42)50(67)47(51(2,3)4)56-20-9-7-5-6-8-10-44(65)61-21-17-37(18-22-61)63-29-36(28-60-63)35-24-43(48(55)57-27-35)68-23-19-39-40(52)15-16-41(54)45(39)53/h11-16,24,27-29,31,37-38,42,47,56,64H,5-10,17-23,25-26,30H2,1-4H3,(H2,55,57)(H,58,66)/t38-,42+,47-/m1/s1. The van der Waals surface area contributed by atoms with E-state index in [-0.39, 0.29) is 60.6 Å². The van der Waals surface area contributed by atoms with Crippen molar-refractivity contribution in [1.29, 1.82) is 0 Å². The molecule has 0 aliphatic carbocycles. The second-order valence-electron chi connectivity index (χ2n) is 19.2. The van der Waals surface area contributed by atoms with Crippen molar-refractivity contribution in [3.05, 3.63) is 99.2 Å². The van der Waals surface area contributed by atoms with Crippen molar-refractivity contribution < 1.29 is 28.6 Å². The third kappa shape index (κ3) is 13.4. The Kier molecular flexibility index (Phi) is 17.7. The first kappa shape index (κ1) is 51.7. The minimum Gasteiger partial charge on any atom is -0.489 e. The van der Waals surface area contributed by atoms with Gasteiger partial charge in [-0.3, -0.25) is 19.1 Å². The molecule has 370 valence electrons. The summed E-state index contributed by atoms with van der Waals surface area (Å²) in [5.74, 6) is -0.188. The molecule has 18 heteroatoms. The van der Waals surface area contributed by atoms with Gasteiger partial charge in [0.2, 0.25) is 17.7 Å². The fourth-order valence-corrected chi connectivity index (χ4v) is 10.5. The van der Waals surface area contributed by atoms with Gasteiger partial charge in [-0.25, -0.2) is 14.4 Å². The van der Waals surface area contributed by atoms with Crippen molar-refractivity contribution in [3.8, 4) is 27.3 Å². The van der Waals surface area contributed by atoms with Crippen molar-refractivity contribution in [1.82, 2.24) is 40.2 Å². The van der Waals surface area contributed by atoms with E-state index in [9.17, 15) is 23.9 Å². The number of nitrogens with zero attached hydrogens (tertiary/aromatic N) is 6. The van der Waals surface area contributed by atoms with E-state index in [1.54, 1.807) is 34.7 Å². The van der Waals surface area contributed by atoms with E-state index in [1.807, 2.05) is 73.2 Å². The predicted octanol–water partition coefficient (Wildman–Crippen LogP) is 8.81. The number of hydrogen-bond acceptors (Lipinski definition) is 11. The van der Waals surface area contributed by atoms with Gasteiger partial charge >= 0.3 is 0 Å². The lowest BCUT2D eigenvalue weighted by atomic mass is 9.85. The number of likely N-dealkylation sites (tertiary alicyclic amines) is 2. The molecule has 2 aliphatic rings. The smallest absolute Gasteiger partial charge is 0.243 e. The Hall–Kier alpha value is -5.13. The number of β-amino-alcohol motifs (C(OH)–C–C–N with tert-alkyl or cyclic N) is 1. The zero-order chi connectivity index (χ0) is 49.2. The Morgan fingerprint density at radius 1 is 0.986 bits per heavy atom. The van der Waals surface area contributed by atoms with Gasteiger partial charge in [0.25, 0.3) is 0 Å². The Morgan fingerprint density at radius 3 is 2.45 bits per heavy atom. The fourth-order valence-electron chi connectivity index (χ4n) is 9.09. The number of nitrogen functional groups attached to an aromatic ring is 1. The number of piperidine rings is 1. The highest BCUT2D eigenvalue weighted by Gasteiger charge is 2.43. The molecule has 0 unspecified atom stereocenters. The predicted molar refractivity (Wildman–Crippen MR) is 270 cm³/mol. The SMILES string of the molecule is Cc1ncsc1-c1ccc(CNC(=O)[C@@H]2C[C@@H](O)CN2C(=O)[C@@H](NCCCCCCCC(=O)N2CCC(n3cc(-c4cnc(N)c(OCCc5c(Cl)ccc(F)c5Cl)c4)cn3)CC2)C(C)(C)C)cc1. The molecule has 2 saturated heterocycles. The topological polar surface area (TPSA) is 181 Å². The normalized spacial score (nSPS) is 17.0. The van der Waals surface area contributed by atoms with Gasteiger partial charge in [-0.05, 0) is 79.5 Å². The van der Waals surface area contributed by atoms with Crippen molar-refractivity contribution in [3.63, 3.8) is 0 Å². The number of hydrogen-bond donors (Lipinski definition) is 4. The van der Waals surface area contributed by atoms with Crippen LogP contribution in [-0.4, -0.2) is 103 Å². The molecule has 7 rings (SSSR count). The molecule has 0 bridgehead atoms. The number of nitrogens with one attached hydrogen (secondary N) is 2. The van der Waals surface area contributed by atoms with Crippen LogP contribution in [0.4, 0.5) is 10.2 Å². The number of nitrogens with two attached hydrogens (primary N) is 1. The quantitative estimate of drug-likeness (QED) is 0.0435. The summed E-state index contributed by atoms with van der Waals surface area (Å²) < 4.78 is 21.8. The number of benzene rings is 2. The number of aromatic nitrogens is 4. The summed E-state index contributed by atoms with van der Waals surface area (Å²) in [5, 5.41) is 22.1. The first-order chi connectivity index (χ1) is 33.1. The summed E-state index contributed by atoms with van der Waals surface area (Å²) >= 11 is 13.9. The molecule has 2 aliphatic heterocycles. The number of aliphatic hydroxyl groups is 1. The second-order valence-corrected chi connectivity index (χ2v) is 20.8. The van der Waals surface area contributed by atoms with E-state index in [0.717, 1.165) is 77.8 Å². The number of anilines is 1. The van der Waals surface area contributed by atoms with Crippen LogP contribution in [0.15, 0.2) is 66.6 Å². The van der Waals surface area contributed by atoms with E-state index in [4.69, 9.17) is 33.7 Å². The zero-order valence-electron chi connectivity index (χ0n) is 39.9. The van der Waals surface area contributed by atoms with Crippen molar-refractivity contribution in [2.45, 2.75) is 123 Å². The van der Waals surface area contributed by atoms with Crippen molar-refractivity contribution in [2.24, 2.45) is 5.41 Å². The number of thiazole rings is 1. The molecule has 14 nitrogen and oxygen atoms in total. The number of rotatable bonds is 20. The van der Waals surface area contributed by atoms with Gasteiger partial charge in [-0.2, -0.15) is 5.10 Å². The molecule has 2 aromatic carbocycles. The average Bonchev–Trinajstić information content (AvgIpc) is 4.10. The second kappa shape index (κ2) is 23.7. The van der Waals surface area contributed by atoms with Crippen molar-refractivity contribution in [2.75, 3.05) is 38.5 Å². The Morgan fingerprint density at radius 2 is 1.72 bits per heavy atom. The first-order valence-corrected chi connectivity index (χ1v) is 25.5. The van der Waals surface area contributed by atoms with E-state index >= 15 is 0 Å². The first-order valence-electron chi connectivity index (χ1n) is 23.9. The van der Waals surface area contributed by atoms with Crippen LogP contribution >= 0.6 is 34.5 Å². The minimum absolute atomic E-state index is 0.0252. The molecular formula is C51H64Cl2FN9O5S. The lowest BCUT2D eigenvalue weighted by molar-refractivity contribution is -0.142. The highest BCUT2D eigenvalue weighted by Crippen LogP contribution is 2.33. The van der Waals surface area contributed by atoms with Gasteiger partial charge in [-0.15, -0.1) is 11.3 Å². The Balaban J connectivity index is 0.785. The van der Waals surface area contributed by atoms with Crippen LogP contribution < -0.4 is 21.1 Å². The minimum atomic E-state index is -0.768. The summed E-state index contributed by atoms with van der Waals surface area (Å²) in [5.41, 5.74) is 12.6. The Bertz CT molecular complexity index is 2540. The van der Waals surface area contributed by atoms with Crippen LogP contribution in [0.5, 0.6) is 5.75 Å². The summed E-state index contributed by atoms with van der Waals surface area (Å²) in [6.07, 6.45) is 11.8. The molecule has 0 radical (unpaired) electrons. The number of unbranched alkanes of at least 4 members (excludes halogenated alkanes) is 4. The summed E-state index contributed by atoms with van der Waals surface area (Å²) in [4.78, 5) is 54.0. The number of amides is 3. The maximum Gasteiger partial charge on any atom is 0.243 e. The lowest BCUT2D eigenvalue weighted by Crippen LogP contribution is -2.56. The molecule has 69 heavy (non-hydrogen) atoms. The zero-order valence-corrected chi connectivity index (χ0v) is 42.2. The molecular weight excluding hydrogens is 941 g/mol. The van der Waals surface area contributed by atoms with Gasteiger partial charge < -0.3 is 36.0 Å². The van der Waals surface area contributed by atoms with E-state index in [1.165, 1.54) is 12.1 Å². The van der Waals surface area contributed by atoms with Crippen LogP contribution in [0.25, 0.3) is 21.6 Å². The van der Waals surface area contributed by atoms with Crippen LogP contribution in [0.1, 0.15) is 101 Å². The number of carbonyl (C=O) groups is 3. The molecule has 3 amide bonds. The number of ether oxygens (including phenoxy) is 1. The number of carbonyl (C=O) groups excluding carboxylic acids is 3. The molecule has 5 N–H and O–H groups in total. The number of pyridine rings is 1. The number of halogens is 3. The van der Waals surface area contributed by atoms with Crippen LogP contribution in [0.2, 0.25) is 10.0 Å². The van der Waals surface area contributed by atoms with Gasteiger partial charge in [0.1, 0.15) is 11.9 Å². The fraction of sp³-hybridized carbons (Fsp3) is 0.490. The third-order valence-corrected chi connectivity index (χ3v) is 14.8. The number of aryl methyl sites for hydroxylation is 1. The molecule has 3 atom stereocenters. The van der Waals surface area contributed by atoms with E-state index < -0.39 is 29.4 Å². The maximum absolute atomic E-state index is 14.1. The van der Waals surface area contributed by atoms with Gasteiger partial charge in [0, 0.05) is 74.0 Å². The van der Waals surface area contributed by atoms with Crippen molar-refractivity contribution >= 4 is 58.1 Å². The molecule has 0 saturated carbocycles. The monoisotopic (exact) mass is 1000 g/mol. The lowest BCUT2D eigenvalue weighted by Gasteiger charge is -2.35. The molecule has 2 fully saturated rings. The van der Waals surface area contributed by atoms with Gasteiger partial charge in [-0.1, -0.05) is 87.5 Å². The molecule has 5 aromatic rings.